The van der Waals surface area contributed by atoms with Gasteiger partial charge in [0.2, 0.25) is 0 Å². The average molecular weight is 335 g/mol. The maximum absolute atomic E-state index is 12.2. The molecule has 0 spiro atoms. The Morgan fingerprint density at radius 2 is 2.00 bits per heavy atom. The lowest BCUT2D eigenvalue weighted by Gasteiger charge is -2.11. The van der Waals surface area contributed by atoms with Crippen LogP contribution in [0.25, 0.3) is 0 Å². The topological polar surface area (TPSA) is 64.3 Å². The highest BCUT2D eigenvalue weighted by Crippen LogP contribution is 2.26. The number of carbonyl (C=O) groups excluding carboxylic acids is 1. The summed E-state index contributed by atoms with van der Waals surface area (Å²) in [7, 11) is 1.57. The predicted octanol–water partition coefficient (Wildman–Crippen LogP) is 3.60. The summed E-state index contributed by atoms with van der Waals surface area (Å²) >= 11 is 3.39. The van der Waals surface area contributed by atoms with Gasteiger partial charge in [0.05, 0.1) is 24.0 Å². The van der Waals surface area contributed by atoms with Crippen LogP contribution < -0.4 is 15.8 Å². The summed E-state index contributed by atoms with van der Waals surface area (Å²) in [5, 5.41) is 2.79. The lowest BCUT2D eigenvalue weighted by molar-refractivity contribution is 0.102. The lowest BCUT2D eigenvalue weighted by Crippen LogP contribution is -2.14. The summed E-state index contributed by atoms with van der Waals surface area (Å²) in [5.41, 5.74) is 8.54. The van der Waals surface area contributed by atoms with Crippen LogP contribution in [0.1, 0.15) is 15.9 Å². The van der Waals surface area contributed by atoms with Crippen LogP contribution in [0.15, 0.2) is 40.9 Å². The molecule has 0 unspecified atom stereocenters. The summed E-state index contributed by atoms with van der Waals surface area (Å²) in [4.78, 5) is 12.2. The first-order valence-electron chi connectivity index (χ1n) is 6.02. The molecular weight excluding hydrogens is 320 g/mol. The van der Waals surface area contributed by atoms with Gasteiger partial charge in [-0.15, -0.1) is 0 Å². The van der Waals surface area contributed by atoms with Crippen molar-refractivity contribution < 1.29 is 9.53 Å². The van der Waals surface area contributed by atoms with Crippen molar-refractivity contribution >= 4 is 33.2 Å². The van der Waals surface area contributed by atoms with E-state index in [1.54, 1.807) is 31.4 Å². The third kappa shape index (κ3) is 3.11. The van der Waals surface area contributed by atoms with Crippen LogP contribution in [-0.4, -0.2) is 13.0 Å². The number of hydrogen-bond acceptors (Lipinski definition) is 3. The number of halogens is 1. The molecule has 0 aliphatic heterocycles. The Hall–Kier alpha value is -2.01. The molecule has 0 heterocycles. The number of aryl methyl sites for hydroxylation is 1. The van der Waals surface area contributed by atoms with Crippen LogP contribution >= 0.6 is 15.9 Å². The van der Waals surface area contributed by atoms with Gasteiger partial charge in [0.15, 0.2) is 0 Å². The zero-order valence-corrected chi connectivity index (χ0v) is 12.8. The van der Waals surface area contributed by atoms with E-state index in [2.05, 4.69) is 21.2 Å². The van der Waals surface area contributed by atoms with Crippen molar-refractivity contribution in [2.45, 2.75) is 6.92 Å². The number of ether oxygens (including phenoxy) is 1. The maximum Gasteiger partial charge on any atom is 0.256 e. The Balaban J connectivity index is 2.23. The van der Waals surface area contributed by atoms with Crippen LogP contribution in [0.3, 0.4) is 0 Å². The SMILES string of the molecule is COc1ccc(NC(=O)c2ccc(C)cc2Br)c(N)c1. The third-order valence-corrected chi connectivity index (χ3v) is 3.53. The number of nitrogens with one attached hydrogen (secondary N) is 1. The lowest BCUT2D eigenvalue weighted by atomic mass is 10.1. The van der Waals surface area contributed by atoms with E-state index >= 15 is 0 Å². The highest BCUT2D eigenvalue weighted by molar-refractivity contribution is 9.10. The van der Waals surface area contributed by atoms with Crippen LogP contribution in [0.5, 0.6) is 5.75 Å². The summed E-state index contributed by atoms with van der Waals surface area (Å²) < 4.78 is 5.82. The van der Waals surface area contributed by atoms with E-state index < -0.39 is 0 Å². The molecule has 0 aromatic heterocycles. The smallest absolute Gasteiger partial charge is 0.256 e. The van der Waals surface area contributed by atoms with Crippen molar-refractivity contribution in [3.05, 3.63) is 52.0 Å². The van der Waals surface area contributed by atoms with Crippen molar-refractivity contribution in [3.8, 4) is 5.75 Å². The molecule has 5 heteroatoms. The van der Waals surface area contributed by atoms with Gasteiger partial charge >= 0.3 is 0 Å². The van der Waals surface area contributed by atoms with Crippen molar-refractivity contribution in [2.24, 2.45) is 0 Å². The minimum atomic E-state index is -0.214. The molecule has 2 aromatic carbocycles. The van der Waals surface area contributed by atoms with E-state index in [4.69, 9.17) is 10.5 Å². The van der Waals surface area contributed by atoms with E-state index in [-0.39, 0.29) is 5.91 Å². The van der Waals surface area contributed by atoms with E-state index in [1.807, 2.05) is 19.1 Å². The van der Waals surface area contributed by atoms with E-state index in [0.717, 1.165) is 10.0 Å². The Morgan fingerprint density at radius 3 is 2.60 bits per heavy atom. The number of methoxy groups -OCH3 is 1. The van der Waals surface area contributed by atoms with Gasteiger partial charge in [0.25, 0.3) is 5.91 Å². The van der Waals surface area contributed by atoms with E-state index in [1.165, 1.54) is 0 Å². The molecular formula is C15H15BrN2O2. The molecule has 0 saturated heterocycles. The van der Waals surface area contributed by atoms with Crippen LogP contribution in [0.2, 0.25) is 0 Å². The summed E-state index contributed by atoms with van der Waals surface area (Å²) in [6.45, 7) is 1.97. The molecule has 4 nitrogen and oxygen atoms in total. The van der Waals surface area contributed by atoms with E-state index in [0.29, 0.717) is 22.7 Å². The molecule has 3 N–H and O–H groups in total. The van der Waals surface area contributed by atoms with Gasteiger partial charge in [-0.1, -0.05) is 6.07 Å². The normalized spacial score (nSPS) is 10.2. The van der Waals surface area contributed by atoms with Gasteiger partial charge in [-0.05, 0) is 52.7 Å². The Labute approximate surface area is 126 Å². The molecule has 0 bridgehead atoms. The molecule has 0 aliphatic rings. The highest BCUT2D eigenvalue weighted by atomic mass is 79.9. The fraction of sp³-hybridized carbons (Fsp3) is 0.133. The molecule has 0 radical (unpaired) electrons. The van der Waals surface area contributed by atoms with Gasteiger partial charge in [-0.2, -0.15) is 0 Å². The molecule has 2 aromatic rings. The first-order chi connectivity index (χ1) is 9.51. The van der Waals surface area contributed by atoms with Crippen LogP contribution in [0, 0.1) is 6.92 Å². The number of nitrogen functional groups attached to an aromatic ring is 1. The fourth-order valence-electron chi connectivity index (χ4n) is 1.78. The minimum absolute atomic E-state index is 0.214. The molecule has 0 atom stereocenters. The minimum Gasteiger partial charge on any atom is -0.497 e. The molecule has 2 rings (SSSR count). The van der Waals surface area contributed by atoms with Crippen molar-refractivity contribution in [1.29, 1.82) is 0 Å². The number of anilines is 2. The van der Waals surface area contributed by atoms with Gasteiger partial charge in [0, 0.05) is 10.5 Å². The number of carbonyl (C=O) groups is 1. The number of rotatable bonds is 3. The number of hydrogen-bond donors (Lipinski definition) is 2. The average Bonchev–Trinajstić information content (AvgIpc) is 2.40. The zero-order valence-electron chi connectivity index (χ0n) is 11.2. The van der Waals surface area contributed by atoms with Gasteiger partial charge < -0.3 is 15.8 Å². The second kappa shape index (κ2) is 5.96. The summed E-state index contributed by atoms with van der Waals surface area (Å²) in [6.07, 6.45) is 0. The highest BCUT2D eigenvalue weighted by Gasteiger charge is 2.12. The summed E-state index contributed by atoms with van der Waals surface area (Å²) in [5.74, 6) is 0.436. The van der Waals surface area contributed by atoms with Crippen molar-refractivity contribution in [3.63, 3.8) is 0 Å². The first kappa shape index (κ1) is 14.4. The zero-order chi connectivity index (χ0) is 14.7. The summed E-state index contributed by atoms with van der Waals surface area (Å²) in [6, 6.07) is 10.7. The van der Waals surface area contributed by atoms with Crippen LogP contribution in [-0.2, 0) is 0 Å². The Kier molecular flexibility index (Phi) is 4.29. The van der Waals surface area contributed by atoms with Crippen LogP contribution in [0.4, 0.5) is 11.4 Å². The monoisotopic (exact) mass is 334 g/mol. The molecule has 0 fully saturated rings. The number of nitrogens with two attached hydrogens (primary N) is 1. The van der Waals surface area contributed by atoms with E-state index in [9.17, 15) is 4.79 Å². The van der Waals surface area contributed by atoms with Crippen molar-refractivity contribution in [1.82, 2.24) is 0 Å². The molecule has 0 saturated carbocycles. The van der Waals surface area contributed by atoms with Gasteiger partial charge in [-0.25, -0.2) is 0 Å². The number of amides is 1. The number of benzene rings is 2. The first-order valence-corrected chi connectivity index (χ1v) is 6.81. The molecule has 20 heavy (non-hydrogen) atoms. The van der Waals surface area contributed by atoms with Crippen molar-refractivity contribution in [2.75, 3.05) is 18.2 Å². The second-order valence-electron chi connectivity index (χ2n) is 4.39. The van der Waals surface area contributed by atoms with Gasteiger partial charge in [0.1, 0.15) is 5.75 Å². The quantitative estimate of drug-likeness (QED) is 0.843. The predicted molar refractivity (Wildman–Crippen MR) is 84.2 cm³/mol. The molecule has 0 aliphatic carbocycles. The fourth-order valence-corrected chi connectivity index (χ4v) is 2.45. The Morgan fingerprint density at radius 1 is 1.25 bits per heavy atom. The maximum atomic E-state index is 12.2. The third-order valence-electron chi connectivity index (χ3n) is 2.88. The second-order valence-corrected chi connectivity index (χ2v) is 5.24. The molecule has 1 amide bonds. The van der Waals surface area contributed by atoms with Gasteiger partial charge in [-0.3, -0.25) is 4.79 Å². The largest absolute Gasteiger partial charge is 0.497 e. The standard InChI is InChI=1S/C15H15BrN2O2/c1-9-3-5-11(12(16)7-9)15(19)18-14-6-4-10(20-2)8-13(14)17/h3-8H,17H2,1-2H3,(H,18,19). The Bertz CT molecular complexity index is 656. The molecule has 104 valence electrons.